The topological polar surface area (TPSA) is 162 Å². The van der Waals surface area contributed by atoms with Crippen LogP contribution in [0.2, 0.25) is 0 Å². The third-order valence-corrected chi connectivity index (χ3v) is 8.96. The molecule has 44 heavy (non-hydrogen) atoms. The minimum atomic E-state index is -1.15. The molecule has 3 amide bonds. The first-order chi connectivity index (χ1) is 20.9. The Balaban J connectivity index is 1.85. The highest BCUT2D eigenvalue weighted by Gasteiger charge is 2.34. The van der Waals surface area contributed by atoms with Gasteiger partial charge in [-0.1, -0.05) is 52.0 Å². The zero-order chi connectivity index (χ0) is 32.2. The molecule has 0 spiro atoms. The summed E-state index contributed by atoms with van der Waals surface area (Å²) in [6, 6.07) is 4.70. The standard InChI is InChI=1S/C32H50N6O5S/c1-21(2)14-27(39)30(42)26(15-22-10-6-5-7-11-22)36-31(43)23(16-25-20-44-32(33)35-25)17-28(40)38(19-29(41)37(3)4)18-24-12-8-9-13-34-24/h8-9,12-13,20-23,26-27,30,39,42H,5-7,10-11,14-19H2,1-4H3,(H2,33,35)(H,36,43)/t23-,26+,27+,30-/m1/s1. The molecule has 3 rings (SSSR count). The highest BCUT2D eigenvalue weighted by Crippen LogP contribution is 2.29. The molecule has 4 atom stereocenters. The zero-order valence-electron chi connectivity index (χ0n) is 26.5. The summed E-state index contributed by atoms with van der Waals surface area (Å²) in [4.78, 5) is 51.9. The predicted octanol–water partition coefficient (Wildman–Crippen LogP) is 3.01. The number of likely N-dealkylation sites (N-methyl/N-ethyl adjacent to an activating group) is 1. The molecule has 0 aromatic carbocycles. The number of aliphatic hydroxyl groups excluding tert-OH is 2. The Morgan fingerprint density at radius 2 is 1.82 bits per heavy atom. The highest BCUT2D eigenvalue weighted by atomic mass is 32.1. The molecule has 1 aliphatic carbocycles. The third kappa shape index (κ3) is 11.4. The summed E-state index contributed by atoms with van der Waals surface area (Å²) >= 11 is 1.26. The molecule has 12 heteroatoms. The van der Waals surface area contributed by atoms with E-state index in [4.69, 9.17) is 5.73 Å². The van der Waals surface area contributed by atoms with Crippen LogP contribution in [0.3, 0.4) is 0 Å². The number of thiazole rings is 1. The number of anilines is 1. The zero-order valence-corrected chi connectivity index (χ0v) is 27.3. The van der Waals surface area contributed by atoms with Crippen molar-refractivity contribution in [2.45, 2.75) is 96.4 Å². The molecule has 5 N–H and O–H groups in total. The van der Waals surface area contributed by atoms with Gasteiger partial charge >= 0.3 is 0 Å². The number of nitrogens with two attached hydrogens (primary N) is 1. The third-order valence-electron chi connectivity index (χ3n) is 8.23. The number of nitrogens with one attached hydrogen (secondary N) is 1. The highest BCUT2D eigenvalue weighted by molar-refractivity contribution is 7.13. The van der Waals surface area contributed by atoms with E-state index in [-0.39, 0.29) is 43.7 Å². The fourth-order valence-corrected chi connectivity index (χ4v) is 6.32. The summed E-state index contributed by atoms with van der Waals surface area (Å²) in [5, 5.41) is 27.3. The summed E-state index contributed by atoms with van der Waals surface area (Å²) in [6.45, 7) is 3.90. The Labute approximate surface area is 265 Å². The number of pyridine rings is 1. The number of aliphatic hydroxyl groups is 2. The second-order valence-electron chi connectivity index (χ2n) is 12.7. The van der Waals surface area contributed by atoms with Gasteiger partial charge in [0.2, 0.25) is 17.7 Å². The lowest BCUT2D eigenvalue weighted by Crippen LogP contribution is -2.52. The van der Waals surface area contributed by atoms with Crippen LogP contribution in [-0.4, -0.2) is 86.6 Å². The molecular formula is C32H50N6O5S. The number of rotatable bonds is 16. The number of aromatic nitrogens is 2. The molecule has 2 heterocycles. The summed E-state index contributed by atoms with van der Waals surface area (Å²) in [5.74, 6) is -1.37. The number of nitrogen functional groups attached to an aromatic ring is 1. The molecule has 2 aromatic rings. The SMILES string of the molecule is CC(C)C[C@H](O)[C@H](O)[C@H](CC1CCCCC1)NC(=O)[C@@H](CC(=O)N(CC(=O)N(C)C)Cc1ccccn1)Cc1csc(N)n1. The van der Waals surface area contributed by atoms with E-state index in [0.717, 1.165) is 25.7 Å². The Morgan fingerprint density at radius 1 is 1.09 bits per heavy atom. The van der Waals surface area contributed by atoms with Crippen molar-refractivity contribution < 1.29 is 24.6 Å². The van der Waals surface area contributed by atoms with Crippen LogP contribution in [0.15, 0.2) is 29.8 Å². The van der Waals surface area contributed by atoms with E-state index in [2.05, 4.69) is 15.3 Å². The van der Waals surface area contributed by atoms with Crippen molar-refractivity contribution in [3.8, 4) is 0 Å². The van der Waals surface area contributed by atoms with Crippen molar-refractivity contribution >= 4 is 34.2 Å². The first kappa shape index (κ1) is 35.4. The van der Waals surface area contributed by atoms with Crippen LogP contribution >= 0.6 is 11.3 Å². The van der Waals surface area contributed by atoms with Crippen molar-refractivity contribution in [2.75, 3.05) is 26.4 Å². The van der Waals surface area contributed by atoms with Gasteiger partial charge in [0.25, 0.3) is 0 Å². The summed E-state index contributed by atoms with van der Waals surface area (Å²) in [5.41, 5.74) is 7.08. The van der Waals surface area contributed by atoms with Gasteiger partial charge in [0.05, 0.1) is 36.0 Å². The van der Waals surface area contributed by atoms with Crippen LogP contribution in [0.1, 0.15) is 76.6 Å². The molecule has 11 nitrogen and oxygen atoms in total. The molecule has 2 aromatic heterocycles. The van der Waals surface area contributed by atoms with Crippen LogP contribution in [0, 0.1) is 17.8 Å². The van der Waals surface area contributed by atoms with Crippen molar-refractivity contribution in [1.82, 2.24) is 25.1 Å². The molecule has 0 aliphatic heterocycles. The fourth-order valence-electron chi connectivity index (χ4n) is 5.75. The van der Waals surface area contributed by atoms with E-state index in [1.807, 2.05) is 19.9 Å². The van der Waals surface area contributed by atoms with Crippen LogP contribution in [-0.2, 0) is 27.3 Å². The Hall–Kier alpha value is -3.09. The minimum absolute atomic E-state index is 0.113. The average Bonchev–Trinajstić information content (AvgIpc) is 3.40. The first-order valence-electron chi connectivity index (χ1n) is 15.7. The lowest BCUT2D eigenvalue weighted by molar-refractivity contribution is -0.142. The second kappa shape index (κ2) is 17.4. The quantitative estimate of drug-likeness (QED) is 0.220. The summed E-state index contributed by atoms with van der Waals surface area (Å²) in [7, 11) is 3.25. The van der Waals surface area contributed by atoms with Gasteiger partial charge < -0.3 is 31.1 Å². The maximum absolute atomic E-state index is 14.0. The fraction of sp³-hybridized carbons (Fsp3) is 0.656. The van der Waals surface area contributed by atoms with Crippen molar-refractivity contribution in [3.05, 3.63) is 41.2 Å². The van der Waals surface area contributed by atoms with E-state index in [1.165, 1.54) is 27.6 Å². The molecular weight excluding hydrogens is 580 g/mol. The lowest BCUT2D eigenvalue weighted by Gasteiger charge is -2.33. The molecule has 0 unspecified atom stereocenters. The van der Waals surface area contributed by atoms with E-state index >= 15 is 0 Å². The Bertz CT molecular complexity index is 1190. The number of carbonyl (C=O) groups is 3. The van der Waals surface area contributed by atoms with Crippen LogP contribution in [0.4, 0.5) is 5.13 Å². The van der Waals surface area contributed by atoms with Gasteiger partial charge in [0.15, 0.2) is 5.13 Å². The van der Waals surface area contributed by atoms with Crippen LogP contribution in [0.25, 0.3) is 0 Å². The smallest absolute Gasteiger partial charge is 0.241 e. The van der Waals surface area contributed by atoms with Gasteiger partial charge in [0, 0.05) is 38.5 Å². The molecule has 0 radical (unpaired) electrons. The number of carbonyl (C=O) groups excluding carboxylic acids is 3. The van der Waals surface area contributed by atoms with Gasteiger partial charge in [-0.2, -0.15) is 0 Å². The van der Waals surface area contributed by atoms with E-state index in [1.54, 1.807) is 37.8 Å². The van der Waals surface area contributed by atoms with Crippen molar-refractivity contribution in [2.24, 2.45) is 17.8 Å². The van der Waals surface area contributed by atoms with Crippen LogP contribution < -0.4 is 11.1 Å². The van der Waals surface area contributed by atoms with Crippen molar-refractivity contribution in [1.29, 1.82) is 0 Å². The molecule has 0 bridgehead atoms. The molecule has 1 fully saturated rings. The Kier molecular flexibility index (Phi) is 14.0. The maximum Gasteiger partial charge on any atom is 0.241 e. The van der Waals surface area contributed by atoms with E-state index in [9.17, 15) is 24.6 Å². The van der Waals surface area contributed by atoms with Crippen LogP contribution in [0.5, 0.6) is 0 Å². The van der Waals surface area contributed by atoms with Crippen molar-refractivity contribution in [3.63, 3.8) is 0 Å². The number of amides is 3. The summed E-state index contributed by atoms with van der Waals surface area (Å²) in [6.07, 6.45) is 5.84. The number of hydrogen-bond acceptors (Lipinski definition) is 9. The average molecular weight is 631 g/mol. The van der Waals surface area contributed by atoms with Gasteiger partial charge in [-0.3, -0.25) is 19.4 Å². The van der Waals surface area contributed by atoms with Gasteiger partial charge in [-0.15, -0.1) is 11.3 Å². The normalized spacial score (nSPS) is 16.6. The lowest BCUT2D eigenvalue weighted by atomic mass is 9.82. The van der Waals surface area contributed by atoms with E-state index in [0.29, 0.717) is 35.3 Å². The monoisotopic (exact) mass is 630 g/mol. The van der Waals surface area contributed by atoms with E-state index < -0.39 is 30.1 Å². The number of hydrogen-bond donors (Lipinski definition) is 4. The largest absolute Gasteiger partial charge is 0.390 e. The molecule has 0 saturated heterocycles. The molecule has 244 valence electrons. The minimum Gasteiger partial charge on any atom is -0.390 e. The van der Waals surface area contributed by atoms with Gasteiger partial charge in [-0.25, -0.2) is 4.98 Å². The predicted molar refractivity (Wildman–Crippen MR) is 171 cm³/mol. The number of nitrogens with zero attached hydrogens (tertiary/aromatic N) is 4. The molecule has 1 aliphatic rings. The Morgan fingerprint density at radius 3 is 2.41 bits per heavy atom. The summed E-state index contributed by atoms with van der Waals surface area (Å²) < 4.78 is 0. The second-order valence-corrected chi connectivity index (χ2v) is 13.6. The molecule has 1 saturated carbocycles. The van der Waals surface area contributed by atoms with Gasteiger partial charge in [0.1, 0.15) is 12.6 Å². The maximum atomic E-state index is 14.0. The van der Waals surface area contributed by atoms with Gasteiger partial charge in [-0.05, 0) is 36.8 Å². The first-order valence-corrected chi connectivity index (χ1v) is 16.5.